The number of epoxide rings is 1. The number of rotatable bonds is 4. The van der Waals surface area contributed by atoms with Gasteiger partial charge in [-0.15, -0.1) is 0 Å². The highest BCUT2D eigenvalue weighted by atomic mass is 16.6. The van der Waals surface area contributed by atoms with Crippen molar-refractivity contribution in [3.05, 3.63) is 42.0 Å². The largest absolute Gasteiger partial charge is 0.459 e. The topological polar surface area (TPSA) is 38.8 Å². The van der Waals surface area contributed by atoms with Crippen LogP contribution in [0.1, 0.15) is 22.8 Å². The molecule has 1 aliphatic rings. The lowest BCUT2D eigenvalue weighted by molar-refractivity contribution is 0.0476. The van der Waals surface area contributed by atoms with Gasteiger partial charge in [0.2, 0.25) is 0 Å². The predicted molar refractivity (Wildman–Crippen MR) is 61.2 cm³/mol. The van der Waals surface area contributed by atoms with Crippen molar-refractivity contribution >= 4 is 11.5 Å². The van der Waals surface area contributed by atoms with Crippen LogP contribution in [0.4, 0.5) is 0 Å². The predicted octanol–water partition coefficient (Wildman–Crippen LogP) is 2.28. The Hall–Kier alpha value is -1.61. The lowest BCUT2D eigenvalue weighted by Gasteiger charge is -2.04. The Morgan fingerprint density at radius 2 is 2.00 bits per heavy atom. The minimum absolute atomic E-state index is 0.110. The second kappa shape index (κ2) is 4.49. The third-order valence-corrected chi connectivity index (χ3v) is 2.42. The van der Waals surface area contributed by atoms with Crippen LogP contribution in [0.15, 0.2) is 30.8 Å². The first-order valence-corrected chi connectivity index (χ1v) is 5.21. The summed E-state index contributed by atoms with van der Waals surface area (Å²) in [7, 11) is 0. The molecular weight excluding hydrogens is 204 g/mol. The molecule has 0 spiro atoms. The maximum absolute atomic E-state index is 11.6. The lowest BCUT2D eigenvalue weighted by Crippen LogP contribution is -2.09. The molecule has 3 heteroatoms. The zero-order valence-electron chi connectivity index (χ0n) is 9.23. The SMILES string of the molecule is C=C(C)c1ccc(C(=O)OCC2CO2)cc1. The third kappa shape index (κ3) is 2.70. The normalized spacial score (nSPS) is 17.9. The summed E-state index contributed by atoms with van der Waals surface area (Å²) >= 11 is 0. The van der Waals surface area contributed by atoms with Crippen LogP contribution in [-0.4, -0.2) is 25.3 Å². The van der Waals surface area contributed by atoms with Gasteiger partial charge in [0.15, 0.2) is 0 Å². The third-order valence-electron chi connectivity index (χ3n) is 2.42. The first-order valence-electron chi connectivity index (χ1n) is 5.21. The summed E-state index contributed by atoms with van der Waals surface area (Å²) < 4.78 is 10.0. The van der Waals surface area contributed by atoms with Gasteiger partial charge in [0, 0.05) is 0 Å². The van der Waals surface area contributed by atoms with Crippen LogP contribution < -0.4 is 0 Å². The van der Waals surface area contributed by atoms with Crippen molar-refractivity contribution in [2.24, 2.45) is 0 Å². The summed E-state index contributed by atoms with van der Waals surface area (Å²) in [6.45, 7) is 6.81. The highest BCUT2D eigenvalue weighted by Crippen LogP contribution is 2.14. The molecule has 3 nitrogen and oxygen atoms in total. The summed E-state index contributed by atoms with van der Waals surface area (Å²) in [5, 5.41) is 0. The van der Waals surface area contributed by atoms with Crippen LogP contribution in [0.3, 0.4) is 0 Å². The molecule has 1 heterocycles. The molecule has 0 bridgehead atoms. The Morgan fingerprint density at radius 1 is 1.44 bits per heavy atom. The Kier molecular flexibility index (Phi) is 3.06. The van der Waals surface area contributed by atoms with E-state index in [-0.39, 0.29) is 12.1 Å². The van der Waals surface area contributed by atoms with Crippen LogP contribution in [0.25, 0.3) is 5.57 Å². The Balaban J connectivity index is 1.96. The molecular formula is C13H14O3. The fourth-order valence-corrected chi connectivity index (χ4v) is 1.31. The molecule has 1 aromatic carbocycles. The molecule has 0 aliphatic carbocycles. The monoisotopic (exact) mass is 218 g/mol. The second-order valence-electron chi connectivity index (χ2n) is 3.91. The Morgan fingerprint density at radius 3 is 2.50 bits per heavy atom. The molecule has 1 aliphatic heterocycles. The molecule has 0 N–H and O–H groups in total. The van der Waals surface area contributed by atoms with E-state index in [1.807, 2.05) is 19.1 Å². The standard InChI is InChI=1S/C13H14O3/c1-9(2)10-3-5-11(6-4-10)13(14)16-8-12-7-15-12/h3-6,12H,1,7-8H2,2H3. The first-order chi connectivity index (χ1) is 7.66. The van der Waals surface area contributed by atoms with Gasteiger partial charge in [-0.25, -0.2) is 4.79 Å². The van der Waals surface area contributed by atoms with E-state index in [1.165, 1.54) is 0 Å². The van der Waals surface area contributed by atoms with Gasteiger partial charge in [-0.2, -0.15) is 0 Å². The molecule has 84 valence electrons. The van der Waals surface area contributed by atoms with Crippen LogP contribution in [0.5, 0.6) is 0 Å². The minimum atomic E-state index is -0.302. The van der Waals surface area contributed by atoms with Gasteiger partial charge in [0.05, 0.1) is 12.2 Å². The molecule has 1 unspecified atom stereocenters. The summed E-state index contributed by atoms with van der Waals surface area (Å²) in [5.74, 6) is -0.302. The van der Waals surface area contributed by atoms with Crippen LogP contribution in [0.2, 0.25) is 0 Å². The van der Waals surface area contributed by atoms with Crippen molar-refractivity contribution in [1.82, 2.24) is 0 Å². The van der Waals surface area contributed by atoms with E-state index in [0.29, 0.717) is 18.8 Å². The number of ether oxygens (including phenoxy) is 2. The lowest BCUT2D eigenvalue weighted by atomic mass is 10.1. The average Bonchev–Trinajstić information content (AvgIpc) is 3.10. The molecule has 1 aromatic rings. The number of hydrogen-bond donors (Lipinski definition) is 0. The fourth-order valence-electron chi connectivity index (χ4n) is 1.31. The van der Waals surface area contributed by atoms with Gasteiger partial charge in [0.25, 0.3) is 0 Å². The molecule has 1 fully saturated rings. The number of hydrogen-bond acceptors (Lipinski definition) is 3. The number of esters is 1. The highest BCUT2D eigenvalue weighted by molar-refractivity contribution is 5.89. The highest BCUT2D eigenvalue weighted by Gasteiger charge is 2.24. The van der Waals surface area contributed by atoms with Crippen molar-refractivity contribution in [2.45, 2.75) is 13.0 Å². The second-order valence-corrected chi connectivity index (χ2v) is 3.91. The molecule has 0 radical (unpaired) electrons. The summed E-state index contributed by atoms with van der Waals surface area (Å²) in [5.41, 5.74) is 2.57. The molecule has 0 amide bonds. The number of benzene rings is 1. The molecule has 0 aromatic heterocycles. The number of allylic oxidation sites excluding steroid dienone is 1. The van der Waals surface area contributed by atoms with E-state index in [0.717, 1.165) is 11.1 Å². The minimum Gasteiger partial charge on any atom is -0.459 e. The Bertz CT molecular complexity index is 402. The van der Waals surface area contributed by atoms with Crippen molar-refractivity contribution in [3.63, 3.8) is 0 Å². The van der Waals surface area contributed by atoms with Gasteiger partial charge in [-0.3, -0.25) is 0 Å². The van der Waals surface area contributed by atoms with Crippen LogP contribution in [0, 0.1) is 0 Å². The van der Waals surface area contributed by atoms with Crippen molar-refractivity contribution in [2.75, 3.05) is 13.2 Å². The molecule has 2 rings (SSSR count). The molecule has 16 heavy (non-hydrogen) atoms. The number of carbonyl (C=O) groups excluding carboxylic acids is 1. The smallest absolute Gasteiger partial charge is 0.338 e. The average molecular weight is 218 g/mol. The van der Waals surface area contributed by atoms with Crippen molar-refractivity contribution < 1.29 is 14.3 Å². The van der Waals surface area contributed by atoms with Gasteiger partial charge in [0.1, 0.15) is 12.7 Å². The maximum Gasteiger partial charge on any atom is 0.338 e. The number of carbonyl (C=O) groups is 1. The van der Waals surface area contributed by atoms with E-state index in [1.54, 1.807) is 12.1 Å². The van der Waals surface area contributed by atoms with Gasteiger partial charge in [-0.1, -0.05) is 24.3 Å². The molecule has 0 saturated carbocycles. The van der Waals surface area contributed by atoms with E-state index in [4.69, 9.17) is 9.47 Å². The fraction of sp³-hybridized carbons (Fsp3) is 0.308. The van der Waals surface area contributed by atoms with Gasteiger partial charge < -0.3 is 9.47 Å². The van der Waals surface area contributed by atoms with E-state index in [9.17, 15) is 4.79 Å². The zero-order valence-corrected chi connectivity index (χ0v) is 9.23. The maximum atomic E-state index is 11.6. The zero-order chi connectivity index (χ0) is 11.5. The molecule has 1 saturated heterocycles. The van der Waals surface area contributed by atoms with Crippen LogP contribution >= 0.6 is 0 Å². The van der Waals surface area contributed by atoms with Crippen LogP contribution in [-0.2, 0) is 9.47 Å². The summed E-state index contributed by atoms with van der Waals surface area (Å²) in [6, 6.07) is 7.24. The first kappa shape index (κ1) is 10.9. The quantitative estimate of drug-likeness (QED) is 0.575. The van der Waals surface area contributed by atoms with Gasteiger partial charge >= 0.3 is 5.97 Å². The van der Waals surface area contributed by atoms with E-state index < -0.39 is 0 Å². The van der Waals surface area contributed by atoms with E-state index in [2.05, 4.69) is 6.58 Å². The Labute approximate surface area is 94.7 Å². The summed E-state index contributed by atoms with van der Waals surface area (Å²) in [4.78, 5) is 11.6. The van der Waals surface area contributed by atoms with Crippen molar-refractivity contribution in [1.29, 1.82) is 0 Å². The van der Waals surface area contributed by atoms with E-state index >= 15 is 0 Å². The summed E-state index contributed by atoms with van der Waals surface area (Å²) in [6.07, 6.45) is 0.110. The van der Waals surface area contributed by atoms with Crippen molar-refractivity contribution in [3.8, 4) is 0 Å². The molecule has 1 atom stereocenters. The van der Waals surface area contributed by atoms with Gasteiger partial charge in [-0.05, 0) is 24.6 Å².